The number of H-pyrrole nitrogens is 1. The van der Waals surface area contributed by atoms with Crippen molar-refractivity contribution < 1.29 is 5.11 Å². The number of hydrogen-bond donors (Lipinski definition) is 3. The number of rotatable bonds is 4. The zero-order valence-corrected chi connectivity index (χ0v) is 20.5. The molecule has 0 unspecified atom stereocenters. The Bertz CT molecular complexity index is 1280. The fourth-order valence-electron chi connectivity index (χ4n) is 5.15. The number of pyridine rings is 1. The van der Waals surface area contributed by atoms with Crippen LogP contribution >= 0.6 is 11.3 Å². The molecule has 33 heavy (non-hydrogen) atoms. The largest absolute Gasteiger partial charge is 0.507 e. The molecule has 172 valence electrons. The minimum absolute atomic E-state index is 0.0754. The van der Waals surface area contributed by atoms with Gasteiger partial charge in [0.2, 0.25) is 0 Å². The van der Waals surface area contributed by atoms with Crippen molar-refractivity contribution in [2.45, 2.75) is 57.7 Å². The molecule has 0 atom stereocenters. The molecule has 8 heteroatoms. The van der Waals surface area contributed by atoms with E-state index in [1.807, 2.05) is 24.3 Å². The summed E-state index contributed by atoms with van der Waals surface area (Å²) in [6, 6.07) is 9.89. The van der Waals surface area contributed by atoms with E-state index in [-0.39, 0.29) is 16.8 Å². The third-order valence-corrected chi connectivity index (χ3v) is 7.48. The third kappa shape index (κ3) is 4.32. The maximum absolute atomic E-state index is 10.7. The van der Waals surface area contributed by atoms with E-state index in [0.29, 0.717) is 11.6 Å². The summed E-state index contributed by atoms with van der Waals surface area (Å²) in [5.74, 6) is 0.190. The number of nitrogens with zero attached hydrogens (tertiary/aromatic N) is 4. The highest BCUT2D eigenvalue weighted by Gasteiger charge is 2.39. The van der Waals surface area contributed by atoms with Gasteiger partial charge in [0.15, 0.2) is 5.13 Å². The number of anilines is 1. The Morgan fingerprint density at radius 3 is 2.52 bits per heavy atom. The lowest BCUT2D eigenvalue weighted by atomic mass is 9.79. The number of aromatic nitrogens is 4. The molecular formula is C25H30N6OS. The maximum Gasteiger partial charge on any atom is 0.186 e. The van der Waals surface area contributed by atoms with Gasteiger partial charge in [-0.2, -0.15) is 5.10 Å². The number of piperidine rings is 1. The van der Waals surface area contributed by atoms with Crippen LogP contribution in [-0.4, -0.2) is 49.4 Å². The SMILES string of the molecule is CN(c1nc2cnc(-c3ccc(-c4ccn[nH]4)cc3O)cc2s1)C1CC(C)(C)NC(C)(C)C1. The topological polar surface area (TPSA) is 90.0 Å². The molecular weight excluding hydrogens is 432 g/mol. The maximum atomic E-state index is 10.7. The molecule has 4 aromatic rings. The van der Waals surface area contributed by atoms with Gasteiger partial charge in [-0.3, -0.25) is 10.1 Å². The molecule has 0 aliphatic carbocycles. The summed E-state index contributed by atoms with van der Waals surface area (Å²) in [5.41, 5.74) is 4.21. The molecule has 3 aromatic heterocycles. The molecule has 0 spiro atoms. The van der Waals surface area contributed by atoms with Gasteiger partial charge in [-0.15, -0.1) is 0 Å². The van der Waals surface area contributed by atoms with Crippen molar-refractivity contribution in [3.8, 4) is 28.3 Å². The van der Waals surface area contributed by atoms with E-state index in [2.05, 4.69) is 60.1 Å². The van der Waals surface area contributed by atoms with Crippen LogP contribution in [0.4, 0.5) is 5.13 Å². The first kappa shape index (κ1) is 21.9. The van der Waals surface area contributed by atoms with Crippen molar-refractivity contribution in [2.24, 2.45) is 0 Å². The number of aromatic amines is 1. The number of phenols is 1. The average molecular weight is 463 g/mol. The Morgan fingerprint density at radius 1 is 1.09 bits per heavy atom. The molecule has 1 aliphatic rings. The van der Waals surface area contributed by atoms with Gasteiger partial charge < -0.3 is 15.3 Å². The molecule has 3 N–H and O–H groups in total. The van der Waals surface area contributed by atoms with Crippen LogP contribution in [0.5, 0.6) is 5.75 Å². The van der Waals surface area contributed by atoms with E-state index < -0.39 is 0 Å². The van der Waals surface area contributed by atoms with Crippen LogP contribution in [0.1, 0.15) is 40.5 Å². The molecule has 0 amide bonds. The quantitative estimate of drug-likeness (QED) is 0.386. The highest BCUT2D eigenvalue weighted by Crippen LogP contribution is 2.38. The molecule has 0 saturated carbocycles. The molecule has 1 saturated heterocycles. The van der Waals surface area contributed by atoms with Crippen molar-refractivity contribution in [3.63, 3.8) is 0 Å². The van der Waals surface area contributed by atoms with Gasteiger partial charge in [0.1, 0.15) is 11.3 Å². The van der Waals surface area contributed by atoms with Gasteiger partial charge in [0.05, 0.1) is 22.3 Å². The first-order valence-electron chi connectivity index (χ1n) is 11.2. The Balaban J connectivity index is 1.44. The van der Waals surface area contributed by atoms with Gasteiger partial charge in [0.25, 0.3) is 0 Å². The summed E-state index contributed by atoms with van der Waals surface area (Å²) in [5, 5.41) is 22.3. The average Bonchev–Trinajstić information content (AvgIpc) is 3.40. The summed E-state index contributed by atoms with van der Waals surface area (Å²) in [6.45, 7) is 9.08. The molecule has 1 aliphatic heterocycles. The Kier molecular flexibility index (Phi) is 5.17. The van der Waals surface area contributed by atoms with E-state index in [9.17, 15) is 5.11 Å². The van der Waals surface area contributed by atoms with Crippen molar-refractivity contribution in [1.82, 2.24) is 25.5 Å². The van der Waals surface area contributed by atoms with Crippen molar-refractivity contribution in [1.29, 1.82) is 0 Å². The second-order valence-electron chi connectivity index (χ2n) is 10.3. The highest BCUT2D eigenvalue weighted by atomic mass is 32.1. The number of nitrogens with one attached hydrogen (secondary N) is 2. The Morgan fingerprint density at radius 2 is 1.85 bits per heavy atom. The van der Waals surface area contributed by atoms with Crippen molar-refractivity contribution in [2.75, 3.05) is 11.9 Å². The lowest BCUT2D eigenvalue weighted by Crippen LogP contribution is -2.61. The van der Waals surface area contributed by atoms with Crippen molar-refractivity contribution in [3.05, 3.63) is 42.7 Å². The Labute approximate surface area is 197 Å². The minimum Gasteiger partial charge on any atom is -0.507 e. The predicted octanol–water partition coefficient (Wildman–Crippen LogP) is 5.20. The summed E-state index contributed by atoms with van der Waals surface area (Å²) in [6.07, 6.45) is 5.61. The standard InChI is InChI=1S/C25H30N6OS/c1-24(2)12-16(13-25(3,4)30-24)31(5)23-28-20-14-26-19(11-22(20)33-23)17-7-6-15(10-21(17)32)18-8-9-27-29-18/h6-11,14,16,30,32H,12-13H2,1-5H3,(H,27,29). The van der Waals surface area contributed by atoms with E-state index in [4.69, 9.17) is 4.98 Å². The normalized spacial score (nSPS) is 18.0. The number of aromatic hydroxyl groups is 1. The third-order valence-electron chi connectivity index (χ3n) is 6.37. The Hall–Kier alpha value is -2.97. The van der Waals surface area contributed by atoms with E-state index >= 15 is 0 Å². The molecule has 1 aromatic carbocycles. The number of benzene rings is 1. The van der Waals surface area contributed by atoms with Crippen molar-refractivity contribution >= 4 is 26.7 Å². The second-order valence-corrected chi connectivity index (χ2v) is 11.3. The number of hydrogen-bond acceptors (Lipinski definition) is 7. The first-order chi connectivity index (χ1) is 15.6. The van der Waals surface area contributed by atoms with E-state index in [1.165, 1.54) is 0 Å². The predicted molar refractivity (Wildman–Crippen MR) is 135 cm³/mol. The van der Waals surface area contributed by atoms with Gasteiger partial charge in [0, 0.05) is 41.5 Å². The molecule has 0 bridgehead atoms. The lowest BCUT2D eigenvalue weighted by molar-refractivity contribution is 0.161. The number of fused-ring (bicyclic) bond motifs is 1. The van der Waals surface area contributed by atoms with Crippen LogP contribution < -0.4 is 10.2 Å². The fourth-order valence-corrected chi connectivity index (χ4v) is 6.16. The molecule has 4 heterocycles. The molecule has 5 rings (SSSR count). The lowest BCUT2D eigenvalue weighted by Gasteiger charge is -2.48. The molecule has 1 fully saturated rings. The van der Waals surface area contributed by atoms with Crippen LogP contribution in [0.15, 0.2) is 42.7 Å². The number of phenolic OH excluding ortho intramolecular Hbond substituents is 1. The van der Waals surface area contributed by atoms with Gasteiger partial charge in [-0.05, 0) is 64.8 Å². The minimum atomic E-state index is 0.0754. The number of thiazole rings is 1. The van der Waals surface area contributed by atoms with Crippen LogP contribution in [-0.2, 0) is 0 Å². The van der Waals surface area contributed by atoms with Gasteiger partial charge >= 0.3 is 0 Å². The van der Waals surface area contributed by atoms with Crippen LogP contribution in [0.3, 0.4) is 0 Å². The summed E-state index contributed by atoms with van der Waals surface area (Å²) < 4.78 is 1.06. The van der Waals surface area contributed by atoms with E-state index in [1.54, 1.807) is 29.8 Å². The van der Waals surface area contributed by atoms with Crippen LogP contribution in [0.2, 0.25) is 0 Å². The summed E-state index contributed by atoms with van der Waals surface area (Å²) in [7, 11) is 2.15. The zero-order chi connectivity index (χ0) is 23.4. The molecule has 0 radical (unpaired) electrons. The van der Waals surface area contributed by atoms with E-state index in [0.717, 1.165) is 45.1 Å². The van der Waals surface area contributed by atoms with Crippen LogP contribution in [0, 0.1) is 0 Å². The van der Waals surface area contributed by atoms with Crippen LogP contribution in [0.25, 0.3) is 32.7 Å². The fraction of sp³-hybridized carbons (Fsp3) is 0.400. The summed E-state index contributed by atoms with van der Waals surface area (Å²) in [4.78, 5) is 11.8. The highest BCUT2D eigenvalue weighted by molar-refractivity contribution is 7.22. The van der Waals surface area contributed by atoms with Gasteiger partial charge in [-0.25, -0.2) is 4.98 Å². The second kappa shape index (κ2) is 7.81. The zero-order valence-electron chi connectivity index (χ0n) is 19.7. The monoisotopic (exact) mass is 462 g/mol. The molecule has 7 nitrogen and oxygen atoms in total. The van der Waals surface area contributed by atoms with Gasteiger partial charge in [-0.1, -0.05) is 17.4 Å². The smallest absolute Gasteiger partial charge is 0.186 e. The summed E-state index contributed by atoms with van der Waals surface area (Å²) >= 11 is 1.67. The first-order valence-corrected chi connectivity index (χ1v) is 12.0.